The number of pyridine rings is 1. The van der Waals surface area contributed by atoms with E-state index in [0.29, 0.717) is 5.92 Å². The van der Waals surface area contributed by atoms with Gasteiger partial charge in [0.2, 0.25) is 0 Å². The molecule has 122 valence electrons. The van der Waals surface area contributed by atoms with Crippen LogP contribution in [0.3, 0.4) is 0 Å². The number of hydrogen-bond donors (Lipinski definition) is 1. The molecule has 1 fully saturated rings. The Bertz CT molecular complexity index is 486. The van der Waals surface area contributed by atoms with Crippen LogP contribution in [0, 0.1) is 12.8 Å². The van der Waals surface area contributed by atoms with Crippen LogP contribution in [0.15, 0.2) is 18.3 Å². The summed E-state index contributed by atoms with van der Waals surface area (Å²) in [5.41, 5.74) is 0.739. The Balaban J connectivity index is 1.73. The summed E-state index contributed by atoms with van der Waals surface area (Å²) in [4.78, 5) is 18.2. The number of hydrogen-bond acceptors (Lipinski definition) is 4. The van der Waals surface area contributed by atoms with Gasteiger partial charge < -0.3 is 15.0 Å². The summed E-state index contributed by atoms with van der Waals surface area (Å²) in [5.74, 6) is 1.49. The van der Waals surface area contributed by atoms with Gasteiger partial charge in [-0.1, -0.05) is 6.07 Å². The fourth-order valence-electron chi connectivity index (χ4n) is 2.47. The second kappa shape index (κ2) is 6.99. The molecule has 0 saturated carbocycles. The Morgan fingerprint density at radius 3 is 2.59 bits per heavy atom. The van der Waals surface area contributed by atoms with E-state index >= 15 is 0 Å². The molecule has 1 amide bonds. The molecular weight excluding hydrogens is 278 g/mol. The van der Waals surface area contributed by atoms with Crippen LogP contribution in [0.5, 0.6) is 0 Å². The van der Waals surface area contributed by atoms with Gasteiger partial charge in [0, 0.05) is 25.8 Å². The number of aryl methyl sites for hydroxylation is 1. The van der Waals surface area contributed by atoms with Crippen molar-refractivity contribution in [1.82, 2.24) is 9.88 Å². The lowest BCUT2D eigenvalue weighted by atomic mass is 9.97. The topological polar surface area (TPSA) is 54.5 Å². The Kier molecular flexibility index (Phi) is 5.27. The molecule has 5 nitrogen and oxygen atoms in total. The van der Waals surface area contributed by atoms with Gasteiger partial charge in [0.25, 0.3) is 0 Å². The molecule has 0 aliphatic carbocycles. The number of aromatic nitrogens is 1. The number of anilines is 1. The van der Waals surface area contributed by atoms with Gasteiger partial charge in [-0.2, -0.15) is 0 Å². The molecule has 0 spiro atoms. The molecule has 0 unspecified atom stereocenters. The van der Waals surface area contributed by atoms with Crippen molar-refractivity contribution >= 4 is 11.9 Å². The molecule has 2 rings (SSSR count). The first-order chi connectivity index (χ1) is 10.3. The highest BCUT2D eigenvalue weighted by Gasteiger charge is 2.26. The number of likely N-dealkylation sites (tertiary alicyclic amines) is 1. The molecule has 0 aromatic carbocycles. The SMILES string of the molecule is Cc1ccc(NCC2CCN(C(=O)OC(C)(C)C)CC2)nc1. The minimum atomic E-state index is -0.424. The molecule has 1 aromatic heterocycles. The van der Waals surface area contributed by atoms with Crippen LogP contribution >= 0.6 is 0 Å². The molecular formula is C17H27N3O2. The number of nitrogens with zero attached hydrogens (tertiary/aromatic N) is 2. The summed E-state index contributed by atoms with van der Waals surface area (Å²) in [6.07, 6.45) is 3.67. The van der Waals surface area contributed by atoms with E-state index in [0.717, 1.165) is 43.9 Å². The van der Waals surface area contributed by atoms with Gasteiger partial charge in [-0.05, 0) is 58.1 Å². The average Bonchev–Trinajstić information content (AvgIpc) is 2.45. The van der Waals surface area contributed by atoms with Crippen molar-refractivity contribution < 1.29 is 9.53 Å². The number of ether oxygens (including phenoxy) is 1. The zero-order valence-electron chi connectivity index (χ0n) is 14.1. The van der Waals surface area contributed by atoms with Crippen molar-refractivity contribution in [3.05, 3.63) is 23.9 Å². The maximum absolute atomic E-state index is 12.0. The first-order valence-corrected chi connectivity index (χ1v) is 7.98. The van der Waals surface area contributed by atoms with Gasteiger partial charge in [-0.15, -0.1) is 0 Å². The Morgan fingerprint density at radius 1 is 1.36 bits per heavy atom. The first kappa shape index (κ1) is 16.6. The fourth-order valence-corrected chi connectivity index (χ4v) is 2.47. The number of amides is 1. The van der Waals surface area contributed by atoms with Gasteiger partial charge in [-0.3, -0.25) is 0 Å². The van der Waals surface area contributed by atoms with Crippen molar-refractivity contribution in [2.24, 2.45) is 5.92 Å². The fraction of sp³-hybridized carbons (Fsp3) is 0.647. The number of piperidine rings is 1. The van der Waals surface area contributed by atoms with Crippen LogP contribution in [0.2, 0.25) is 0 Å². The maximum Gasteiger partial charge on any atom is 0.410 e. The van der Waals surface area contributed by atoms with Crippen molar-refractivity contribution in [1.29, 1.82) is 0 Å². The second-order valence-electron chi connectivity index (χ2n) is 7.01. The number of carbonyl (C=O) groups excluding carboxylic acids is 1. The molecule has 5 heteroatoms. The third kappa shape index (κ3) is 5.20. The summed E-state index contributed by atoms with van der Waals surface area (Å²) in [6, 6.07) is 4.06. The van der Waals surface area contributed by atoms with Gasteiger partial charge in [-0.25, -0.2) is 9.78 Å². The third-order valence-corrected chi connectivity index (χ3v) is 3.75. The lowest BCUT2D eigenvalue weighted by Crippen LogP contribution is -2.42. The highest BCUT2D eigenvalue weighted by Crippen LogP contribution is 2.20. The quantitative estimate of drug-likeness (QED) is 0.929. The van der Waals surface area contributed by atoms with Crippen molar-refractivity contribution in [3.8, 4) is 0 Å². The summed E-state index contributed by atoms with van der Waals surface area (Å²) in [7, 11) is 0. The Labute approximate surface area is 133 Å². The summed E-state index contributed by atoms with van der Waals surface area (Å²) >= 11 is 0. The van der Waals surface area contributed by atoms with E-state index in [1.54, 1.807) is 0 Å². The molecule has 22 heavy (non-hydrogen) atoms. The minimum absolute atomic E-state index is 0.195. The largest absolute Gasteiger partial charge is 0.444 e. The van der Waals surface area contributed by atoms with Crippen LogP contribution in [-0.4, -0.2) is 41.2 Å². The average molecular weight is 305 g/mol. The molecule has 1 saturated heterocycles. The monoisotopic (exact) mass is 305 g/mol. The van der Waals surface area contributed by atoms with Crippen LogP contribution in [-0.2, 0) is 4.74 Å². The zero-order valence-corrected chi connectivity index (χ0v) is 14.1. The number of carbonyl (C=O) groups is 1. The first-order valence-electron chi connectivity index (χ1n) is 7.98. The van der Waals surface area contributed by atoms with Crippen molar-refractivity contribution in [2.75, 3.05) is 25.0 Å². The molecule has 0 atom stereocenters. The molecule has 0 radical (unpaired) electrons. The van der Waals surface area contributed by atoms with E-state index in [4.69, 9.17) is 4.74 Å². The van der Waals surface area contributed by atoms with Crippen molar-refractivity contribution in [2.45, 2.75) is 46.1 Å². The Morgan fingerprint density at radius 2 is 2.05 bits per heavy atom. The van der Waals surface area contributed by atoms with Gasteiger partial charge in [0.05, 0.1) is 0 Å². The number of nitrogens with one attached hydrogen (secondary N) is 1. The molecule has 2 heterocycles. The zero-order chi connectivity index (χ0) is 16.2. The van der Waals surface area contributed by atoms with E-state index in [1.165, 1.54) is 0 Å². The lowest BCUT2D eigenvalue weighted by Gasteiger charge is -2.33. The predicted octanol–water partition coefficient (Wildman–Crippen LogP) is 3.45. The van der Waals surface area contributed by atoms with Gasteiger partial charge in [0.1, 0.15) is 11.4 Å². The van der Waals surface area contributed by atoms with E-state index in [9.17, 15) is 4.79 Å². The molecule has 1 N–H and O–H groups in total. The van der Waals surface area contributed by atoms with E-state index < -0.39 is 5.60 Å². The predicted molar refractivity (Wildman–Crippen MR) is 88.0 cm³/mol. The van der Waals surface area contributed by atoms with Gasteiger partial charge >= 0.3 is 6.09 Å². The molecule has 1 aromatic rings. The summed E-state index contributed by atoms with van der Waals surface area (Å²) < 4.78 is 5.41. The highest BCUT2D eigenvalue weighted by atomic mass is 16.6. The van der Waals surface area contributed by atoms with E-state index in [-0.39, 0.29) is 6.09 Å². The van der Waals surface area contributed by atoms with E-state index in [1.807, 2.05) is 44.9 Å². The van der Waals surface area contributed by atoms with Crippen LogP contribution in [0.4, 0.5) is 10.6 Å². The standard InChI is InChI=1S/C17H27N3O2/c1-13-5-6-15(18-11-13)19-12-14-7-9-20(10-8-14)16(21)22-17(2,3)4/h5-6,11,14H,7-10,12H2,1-4H3,(H,18,19). The lowest BCUT2D eigenvalue weighted by molar-refractivity contribution is 0.0188. The van der Waals surface area contributed by atoms with Crippen LogP contribution < -0.4 is 5.32 Å². The Hall–Kier alpha value is -1.78. The smallest absolute Gasteiger partial charge is 0.410 e. The van der Waals surface area contributed by atoms with Crippen molar-refractivity contribution in [3.63, 3.8) is 0 Å². The van der Waals surface area contributed by atoms with Gasteiger partial charge in [0.15, 0.2) is 0 Å². The van der Waals surface area contributed by atoms with Crippen LogP contribution in [0.1, 0.15) is 39.2 Å². The highest BCUT2D eigenvalue weighted by molar-refractivity contribution is 5.68. The third-order valence-electron chi connectivity index (χ3n) is 3.75. The summed E-state index contributed by atoms with van der Waals surface area (Å²) in [5, 5.41) is 3.38. The minimum Gasteiger partial charge on any atom is -0.444 e. The maximum atomic E-state index is 12.0. The molecule has 0 bridgehead atoms. The van der Waals surface area contributed by atoms with Crippen LogP contribution in [0.25, 0.3) is 0 Å². The molecule has 1 aliphatic rings. The second-order valence-corrected chi connectivity index (χ2v) is 7.01. The normalized spacial score (nSPS) is 16.5. The van der Waals surface area contributed by atoms with E-state index in [2.05, 4.69) is 16.4 Å². The summed E-state index contributed by atoms with van der Waals surface area (Å²) in [6.45, 7) is 10.2. The number of rotatable bonds is 3. The molecule has 1 aliphatic heterocycles.